The zero-order valence-corrected chi connectivity index (χ0v) is 16.0. The monoisotopic (exact) mass is 369 g/mol. The maximum atomic E-state index is 6.24. The predicted molar refractivity (Wildman–Crippen MR) is 96.3 cm³/mol. The summed E-state index contributed by atoms with van der Waals surface area (Å²) in [6.45, 7) is 9.77. The second-order valence-electron chi connectivity index (χ2n) is 6.56. The minimum absolute atomic E-state index is 0.163. The van der Waals surface area contributed by atoms with E-state index in [4.69, 9.17) is 46.4 Å². The third-order valence-electron chi connectivity index (χ3n) is 3.39. The van der Waals surface area contributed by atoms with Gasteiger partial charge < -0.3 is 5.32 Å². The van der Waals surface area contributed by atoms with Crippen molar-refractivity contribution in [3.05, 3.63) is 31.7 Å². The van der Waals surface area contributed by atoms with Crippen molar-refractivity contribution < 1.29 is 0 Å². The summed E-state index contributed by atoms with van der Waals surface area (Å²) in [7, 11) is 0. The lowest BCUT2D eigenvalue weighted by Crippen LogP contribution is -2.36. The number of hydrogen-bond acceptors (Lipinski definition) is 1. The molecule has 0 amide bonds. The summed E-state index contributed by atoms with van der Waals surface area (Å²) in [4.78, 5) is 0. The van der Waals surface area contributed by atoms with Crippen molar-refractivity contribution in [2.24, 2.45) is 5.92 Å². The van der Waals surface area contributed by atoms with Gasteiger partial charge in [0.15, 0.2) is 0 Å². The second-order valence-corrected chi connectivity index (χ2v) is 8.13. The molecule has 1 rings (SSSR count). The van der Waals surface area contributed by atoms with E-state index >= 15 is 0 Å². The highest BCUT2D eigenvalue weighted by molar-refractivity contribution is 6.49. The van der Waals surface area contributed by atoms with E-state index in [2.05, 4.69) is 33.0 Å². The molecule has 0 spiro atoms. The van der Waals surface area contributed by atoms with Crippen LogP contribution in [0.1, 0.15) is 46.1 Å². The molecule has 0 bridgehead atoms. The van der Waals surface area contributed by atoms with Gasteiger partial charge in [0.1, 0.15) is 0 Å². The number of benzene rings is 1. The average Bonchev–Trinajstić information content (AvgIpc) is 2.34. The molecule has 0 radical (unpaired) electrons. The Balaban J connectivity index is 2.54. The molecule has 1 aromatic carbocycles. The molecule has 0 heterocycles. The highest BCUT2D eigenvalue weighted by Crippen LogP contribution is 2.38. The van der Waals surface area contributed by atoms with Crippen LogP contribution in [0.3, 0.4) is 0 Å². The normalized spacial score (nSPS) is 13.5. The van der Waals surface area contributed by atoms with Crippen LogP contribution in [0, 0.1) is 5.92 Å². The third-order valence-corrected chi connectivity index (χ3v) is 5.03. The van der Waals surface area contributed by atoms with Crippen molar-refractivity contribution in [2.75, 3.05) is 6.54 Å². The first-order valence-electron chi connectivity index (χ1n) is 7.18. The summed E-state index contributed by atoms with van der Waals surface area (Å²) in [6, 6.07) is 1.67. The van der Waals surface area contributed by atoms with Crippen LogP contribution in [0.4, 0.5) is 0 Å². The third kappa shape index (κ3) is 6.54. The summed E-state index contributed by atoms with van der Waals surface area (Å²) >= 11 is 24.5. The van der Waals surface area contributed by atoms with E-state index in [-0.39, 0.29) is 5.54 Å². The first-order valence-corrected chi connectivity index (χ1v) is 8.70. The first kappa shape index (κ1) is 19.4. The van der Waals surface area contributed by atoms with E-state index in [1.54, 1.807) is 6.07 Å². The Morgan fingerprint density at radius 2 is 1.62 bits per heavy atom. The quantitative estimate of drug-likeness (QED) is 0.436. The molecule has 0 aliphatic heterocycles. The molecular formula is C16H23Cl4N. The predicted octanol–water partition coefficient (Wildman–Crippen LogP) is 6.65. The zero-order chi connectivity index (χ0) is 16.2. The minimum Gasteiger partial charge on any atom is -0.312 e. The Bertz CT molecular complexity index is 480. The Morgan fingerprint density at radius 3 is 2.19 bits per heavy atom. The van der Waals surface area contributed by atoms with Crippen molar-refractivity contribution in [2.45, 2.75) is 52.5 Å². The van der Waals surface area contributed by atoms with Gasteiger partial charge in [-0.05, 0) is 64.1 Å². The lowest BCUT2D eigenvalue weighted by Gasteiger charge is -2.22. The Kier molecular flexibility index (Phi) is 7.63. The molecule has 5 heteroatoms. The fourth-order valence-corrected chi connectivity index (χ4v) is 3.18. The highest BCUT2D eigenvalue weighted by Gasteiger charge is 2.15. The van der Waals surface area contributed by atoms with E-state index < -0.39 is 0 Å². The summed E-state index contributed by atoms with van der Waals surface area (Å²) < 4.78 is 0. The van der Waals surface area contributed by atoms with Gasteiger partial charge in [-0.25, -0.2) is 0 Å². The number of hydrogen-bond donors (Lipinski definition) is 1. The molecule has 0 aliphatic rings. The van der Waals surface area contributed by atoms with Crippen molar-refractivity contribution in [1.82, 2.24) is 5.32 Å². The molecule has 1 aromatic rings. The molecule has 21 heavy (non-hydrogen) atoms. The van der Waals surface area contributed by atoms with Crippen molar-refractivity contribution >= 4 is 46.4 Å². The summed E-state index contributed by atoms with van der Waals surface area (Å²) in [5.41, 5.74) is 1.05. The largest absolute Gasteiger partial charge is 0.312 e. The summed E-state index contributed by atoms with van der Waals surface area (Å²) in [5, 5.41) is 5.36. The number of halogens is 4. The maximum Gasteiger partial charge on any atom is 0.0782 e. The van der Waals surface area contributed by atoms with Crippen LogP contribution in [0.2, 0.25) is 20.1 Å². The van der Waals surface area contributed by atoms with Crippen molar-refractivity contribution in [3.8, 4) is 0 Å². The molecule has 1 nitrogen and oxygen atoms in total. The molecule has 0 fully saturated rings. The fourth-order valence-electron chi connectivity index (χ4n) is 2.06. The highest BCUT2D eigenvalue weighted by atomic mass is 35.5. The van der Waals surface area contributed by atoms with Gasteiger partial charge >= 0.3 is 0 Å². The van der Waals surface area contributed by atoms with Crippen LogP contribution < -0.4 is 5.32 Å². The fraction of sp³-hybridized carbons (Fsp3) is 0.625. The molecule has 0 saturated heterocycles. The summed E-state index contributed by atoms with van der Waals surface area (Å²) in [5.74, 6) is 0.585. The average molecular weight is 371 g/mol. The molecule has 120 valence electrons. The van der Waals surface area contributed by atoms with Gasteiger partial charge in [0, 0.05) is 10.6 Å². The van der Waals surface area contributed by atoms with Gasteiger partial charge in [-0.1, -0.05) is 53.3 Å². The molecule has 1 atom stereocenters. The second kappa shape index (κ2) is 8.26. The van der Waals surface area contributed by atoms with Gasteiger partial charge in [0.2, 0.25) is 0 Å². The SMILES string of the molecule is CC(CCNC(C)(C)C)CCc1c(Cl)cc(Cl)c(Cl)c1Cl. The standard InChI is InChI=1S/C16H23Cl4N/c1-10(7-8-21-16(2,3)4)5-6-11-12(17)9-13(18)15(20)14(11)19/h9-10,21H,5-8H2,1-4H3. The van der Waals surface area contributed by atoms with E-state index in [0.717, 1.165) is 31.4 Å². The molecule has 0 aromatic heterocycles. The van der Waals surface area contributed by atoms with Gasteiger partial charge in [-0.15, -0.1) is 0 Å². The Hall–Kier alpha value is 0.340. The van der Waals surface area contributed by atoms with E-state index in [1.807, 2.05) is 0 Å². The van der Waals surface area contributed by atoms with Gasteiger partial charge in [-0.2, -0.15) is 0 Å². The summed E-state index contributed by atoms with van der Waals surface area (Å²) in [6.07, 6.45) is 2.95. The molecular weight excluding hydrogens is 348 g/mol. The van der Waals surface area contributed by atoms with E-state index in [1.165, 1.54) is 0 Å². The van der Waals surface area contributed by atoms with Crippen molar-refractivity contribution in [1.29, 1.82) is 0 Å². The first-order chi connectivity index (χ1) is 9.61. The Morgan fingerprint density at radius 1 is 1.00 bits per heavy atom. The molecule has 0 aliphatic carbocycles. The lowest BCUT2D eigenvalue weighted by molar-refractivity contribution is 0.386. The van der Waals surface area contributed by atoms with Gasteiger partial charge in [0.25, 0.3) is 0 Å². The number of rotatable bonds is 6. The molecule has 0 saturated carbocycles. The molecule has 1 unspecified atom stereocenters. The zero-order valence-electron chi connectivity index (χ0n) is 13.0. The number of nitrogens with one attached hydrogen (secondary N) is 1. The van der Waals surface area contributed by atoms with Crippen LogP contribution in [0.25, 0.3) is 0 Å². The lowest BCUT2D eigenvalue weighted by atomic mass is 9.97. The van der Waals surface area contributed by atoms with Crippen LogP contribution in [-0.4, -0.2) is 12.1 Å². The minimum atomic E-state index is 0.163. The maximum absolute atomic E-state index is 6.24. The van der Waals surface area contributed by atoms with Gasteiger partial charge in [0.05, 0.1) is 15.1 Å². The van der Waals surface area contributed by atoms with Crippen LogP contribution in [0.15, 0.2) is 6.07 Å². The van der Waals surface area contributed by atoms with E-state index in [0.29, 0.717) is 26.0 Å². The molecule has 1 N–H and O–H groups in total. The topological polar surface area (TPSA) is 12.0 Å². The van der Waals surface area contributed by atoms with Crippen molar-refractivity contribution in [3.63, 3.8) is 0 Å². The van der Waals surface area contributed by atoms with Crippen LogP contribution in [0.5, 0.6) is 0 Å². The smallest absolute Gasteiger partial charge is 0.0782 e. The Labute approximate surface area is 148 Å². The van der Waals surface area contributed by atoms with Crippen LogP contribution in [-0.2, 0) is 6.42 Å². The van der Waals surface area contributed by atoms with E-state index in [9.17, 15) is 0 Å². The van der Waals surface area contributed by atoms with Gasteiger partial charge in [-0.3, -0.25) is 0 Å². The van der Waals surface area contributed by atoms with Crippen LogP contribution >= 0.6 is 46.4 Å².